The van der Waals surface area contributed by atoms with Crippen LogP contribution in [0.25, 0.3) is 21.5 Å². The molecule has 0 atom stereocenters. The van der Waals surface area contributed by atoms with E-state index in [1.165, 1.54) is 11.3 Å². The zero-order valence-electron chi connectivity index (χ0n) is 9.64. The highest BCUT2D eigenvalue weighted by Crippen LogP contribution is 2.35. The zero-order valence-corrected chi connectivity index (χ0v) is 10.5. The predicted octanol–water partition coefficient (Wildman–Crippen LogP) is 3.39. The van der Waals surface area contributed by atoms with Crippen LogP contribution in [0.4, 0.5) is 9.52 Å². The van der Waals surface area contributed by atoms with E-state index in [9.17, 15) is 4.39 Å². The second-order valence-electron chi connectivity index (χ2n) is 4.00. The SMILES string of the molecule is Cc1cc(-c2ccccn2)c2sc(N)nc2c1F. The Morgan fingerprint density at radius 3 is 2.89 bits per heavy atom. The van der Waals surface area contributed by atoms with Gasteiger partial charge in [0.2, 0.25) is 0 Å². The first-order valence-corrected chi connectivity index (χ1v) is 6.25. The third-order valence-electron chi connectivity index (χ3n) is 2.74. The van der Waals surface area contributed by atoms with Crippen molar-refractivity contribution in [1.82, 2.24) is 9.97 Å². The standard InChI is InChI=1S/C13H10FN3S/c1-7-6-8(9-4-2-3-5-16-9)12-11(10(7)14)17-13(15)18-12/h2-6H,1H3,(H2,15,17). The Hall–Kier alpha value is -2.01. The van der Waals surface area contributed by atoms with Crippen molar-refractivity contribution in [2.24, 2.45) is 0 Å². The second-order valence-corrected chi connectivity index (χ2v) is 5.03. The van der Waals surface area contributed by atoms with Crippen molar-refractivity contribution < 1.29 is 4.39 Å². The van der Waals surface area contributed by atoms with Crippen LogP contribution in [0.1, 0.15) is 5.56 Å². The summed E-state index contributed by atoms with van der Waals surface area (Å²) in [5, 5.41) is 0.367. The minimum absolute atomic E-state index is 0.308. The third kappa shape index (κ3) is 1.64. The zero-order chi connectivity index (χ0) is 12.7. The largest absolute Gasteiger partial charge is 0.375 e. The maximum atomic E-state index is 14.0. The molecule has 0 fully saturated rings. The Labute approximate surface area is 107 Å². The van der Waals surface area contributed by atoms with Gasteiger partial charge in [-0.15, -0.1) is 0 Å². The molecule has 0 amide bonds. The van der Waals surface area contributed by atoms with Crippen LogP contribution in [0.3, 0.4) is 0 Å². The molecule has 3 aromatic rings. The lowest BCUT2D eigenvalue weighted by atomic mass is 10.1. The van der Waals surface area contributed by atoms with E-state index in [1.807, 2.05) is 18.2 Å². The number of fused-ring (bicyclic) bond motifs is 1. The molecule has 2 N–H and O–H groups in total. The van der Waals surface area contributed by atoms with E-state index in [2.05, 4.69) is 9.97 Å². The number of pyridine rings is 1. The summed E-state index contributed by atoms with van der Waals surface area (Å²) < 4.78 is 14.7. The van der Waals surface area contributed by atoms with Crippen LogP contribution in [0.15, 0.2) is 30.5 Å². The number of hydrogen-bond acceptors (Lipinski definition) is 4. The average molecular weight is 259 g/mol. The molecule has 0 aliphatic rings. The fourth-order valence-electron chi connectivity index (χ4n) is 1.91. The van der Waals surface area contributed by atoms with Gasteiger partial charge in [0.15, 0.2) is 10.9 Å². The van der Waals surface area contributed by atoms with Gasteiger partial charge < -0.3 is 5.73 Å². The van der Waals surface area contributed by atoms with Gasteiger partial charge in [-0.05, 0) is 30.7 Å². The van der Waals surface area contributed by atoms with Gasteiger partial charge in [-0.25, -0.2) is 9.37 Å². The molecular weight excluding hydrogens is 249 g/mol. The Morgan fingerprint density at radius 2 is 2.17 bits per heavy atom. The number of hydrogen-bond donors (Lipinski definition) is 1. The van der Waals surface area contributed by atoms with Crippen molar-refractivity contribution in [2.45, 2.75) is 6.92 Å². The van der Waals surface area contributed by atoms with Crippen LogP contribution in [0.2, 0.25) is 0 Å². The van der Waals surface area contributed by atoms with Crippen LogP contribution >= 0.6 is 11.3 Å². The summed E-state index contributed by atoms with van der Waals surface area (Å²) in [5.74, 6) is -0.308. The van der Waals surface area contributed by atoms with E-state index in [0.29, 0.717) is 16.2 Å². The molecule has 0 saturated heterocycles. The summed E-state index contributed by atoms with van der Waals surface area (Å²) in [7, 11) is 0. The second kappa shape index (κ2) is 4.03. The molecule has 1 aromatic carbocycles. The molecule has 2 heterocycles. The maximum absolute atomic E-state index is 14.0. The monoisotopic (exact) mass is 259 g/mol. The number of aromatic nitrogens is 2. The third-order valence-corrected chi connectivity index (χ3v) is 3.66. The predicted molar refractivity (Wildman–Crippen MR) is 72.0 cm³/mol. The molecule has 90 valence electrons. The van der Waals surface area contributed by atoms with Crippen molar-refractivity contribution in [3.63, 3.8) is 0 Å². The van der Waals surface area contributed by atoms with Gasteiger partial charge in [-0.1, -0.05) is 17.4 Å². The molecule has 0 unspecified atom stereocenters. The number of anilines is 1. The van der Waals surface area contributed by atoms with Crippen LogP contribution < -0.4 is 5.73 Å². The topological polar surface area (TPSA) is 51.8 Å². The number of thiazole rings is 1. The summed E-state index contributed by atoms with van der Waals surface area (Å²) in [5.41, 5.74) is 8.23. The first kappa shape index (κ1) is 11.1. The highest BCUT2D eigenvalue weighted by Gasteiger charge is 2.15. The fourth-order valence-corrected chi connectivity index (χ4v) is 2.76. The van der Waals surface area contributed by atoms with E-state index >= 15 is 0 Å². The number of halogens is 1. The Morgan fingerprint density at radius 1 is 1.33 bits per heavy atom. The van der Waals surface area contributed by atoms with Gasteiger partial charge in [0.05, 0.1) is 10.4 Å². The van der Waals surface area contributed by atoms with Crippen molar-refractivity contribution in [3.8, 4) is 11.3 Å². The van der Waals surface area contributed by atoms with Crippen molar-refractivity contribution in [3.05, 3.63) is 41.8 Å². The quantitative estimate of drug-likeness (QED) is 0.728. The van der Waals surface area contributed by atoms with E-state index in [-0.39, 0.29) is 5.82 Å². The van der Waals surface area contributed by atoms with Crippen LogP contribution in [-0.4, -0.2) is 9.97 Å². The smallest absolute Gasteiger partial charge is 0.181 e. The Kier molecular flexibility index (Phi) is 2.48. The van der Waals surface area contributed by atoms with Crippen LogP contribution in [0, 0.1) is 12.7 Å². The normalized spacial score (nSPS) is 11.0. The molecule has 0 radical (unpaired) electrons. The highest BCUT2D eigenvalue weighted by molar-refractivity contribution is 7.22. The van der Waals surface area contributed by atoms with Gasteiger partial charge in [0, 0.05) is 11.8 Å². The average Bonchev–Trinajstić information content (AvgIpc) is 2.77. The van der Waals surface area contributed by atoms with Gasteiger partial charge in [0.1, 0.15) is 5.52 Å². The molecule has 0 saturated carbocycles. The van der Waals surface area contributed by atoms with Crippen LogP contribution in [0.5, 0.6) is 0 Å². The van der Waals surface area contributed by atoms with Crippen molar-refractivity contribution in [2.75, 3.05) is 5.73 Å². The molecule has 0 spiro atoms. The molecule has 18 heavy (non-hydrogen) atoms. The highest BCUT2D eigenvalue weighted by atomic mass is 32.1. The molecule has 5 heteroatoms. The number of nitrogen functional groups attached to an aromatic ring is 1. The minimum Gasteiger partial charge on any atom is -0.375 e. The number of aryl methyl sites for hydroxylation is 1. The number of benzene rings is 1. The Bertz CT molecular complexity index is 722. The molecule has 3 nitrogen and oxygen atoms in total. The molecule has 0 bridgehead atoms. The van der Waals surface area contributed by atoms with Crippen molar-refractivity contribution >= 4 is 26.7 Å². The van der Waals surface area contributed by atoms with Gasteiger partial charge >= 0.3 is 0 Å². The van der Waals surface area contributed by atoms with Crippen molar-refractivity contribution in [1.29, 1.82) is 0 Å². The summed E-state index contributed by atoms with van der Waals surface area (Å²) in [6, 6.07) is 7.43. The lowest BCUT2D eigenvalue weighted by Gasteiger charge is -2.04. The fraction of sp³-hybridized carbons (Fsp3) is 0.0769. The maximum Gasteiger partial charge on any atom is 0.181 e. The minimum atomic E-state index is -0.308. The van der Waals surface area contributed by atoms with E-state index in [0.717, 1.165) is 16.0 Å². The molecule has 0 aliphatic heterocycles. The molecule has 2 aromatic heterocycles. The number of nitrogens with zero attached hydrogens (tertiary/aromatic N) is 2. The first-order chi connectivity index (χ1) is 8.66. The van der Waals surface area contributed by atoms with E-state index in [4.69, 9.17) is 5.73 Å². The number of nitrogens with two attached hydrogens (primary N) is 1. The van der Waals surface area contributed by atoms with Crippen LogP contribution in [-0.2, 0) is 0 Å². The summed E-state index contributed by atoms with van der Waals surface area (Å²) in [6.07, 6.45) is 1.71. The number of rotatable bonds is 1. The van der Waals surface area contributed by atoms with Gasteiger partial charge in [-0.3, -0.25) is 4.98 Å². The summed E-state index contributed by atoms with van der Waals surface area (Å²) >= 11 is 1.28. The lowest BCUT2D eigenvalue weighted by molar-refractivity contribution is 0.628. The molecular formula is C13H10FN3S. The summed E-state index contributed by atoms with van der Waals surface area (Å²) in [4.78, 5) is 8.35. The van der Waals surface area contributed by atoms with E-state index in [1.54, 1.807) is 19.2 Å². The molecule has 0 aliphatic carbocycles. The Balaban J connectivity index is 2.39. The van der Waals surface area contributed by atoms with E-state index < -0.39 is 0 Å². The van der Waals surface area contributed by atoms with Gasteiger partial charge in [-0.2, -0.15) is 0 Å². The molecule has 3 rings (SSSR count). The summed E-state index contributed by atoms with van der Waals surface area (Å²) in [6.45, 7) is 1.72. The lowest BCUT2D eigenvalue weighted by Crippen LogP contribution is -1.89. The first-order valence-electron chi connectivity index (χ1n) is 5.43. The van der Waals surface area contributed by atoms with Gasteiger partial charge in [0.25, 0.3) is 0 Å².